The minimum atomic E-state index is 0.0704. The monoisotopic (exact) mass is 800 g/mol. The maximum Gasteiger partial charge on any atom is 0.134 e. The fourth-order valence-electron chi connectivity index (χ4n) is 10.9. The second kappa shape index (κ2) is 20.3. The van der Waals surface area contributed by atoms with E-state index in [1.807, 2.05) is 13.8 Å². The van der Waals surface area contributed by atoms with Gasteiger partial charge in [-0.05, 0) is 146 Å². The molecule has 1 aliphatic heterocycles. The first kappa shape index (κ1) is 44.2. The molecular weight excluding hydrogens is 724 g/mol. The molecule has 2 fully saturated rings. The van der Waals surface area contributed by atoms with Crippen LogP contribution in [-0.4, -0.2) is 13.1 Å². The number of halogens is 1. The molecule has 0 amide bonds. The molecule has 58 heavy (non-hydrogen) atoms. The Morgan fingerprint density at radius 2 is 1.48 bits per heavy atom. The summed E-state index contributed by atoms with van der Waals surface area (Å²) in [5.41, 5.74) is 13.3. The van der Waals surface area contributed by atoms with E-state index in [-0.39, 0.29) is 10.8 Å². The quantitative estimate of drug-likeness (QED) is 0.171. The largest absolute Gasteiger partial charge is 0.344 e. The van der Waals surface area contributed by atoms with E-state index in [4.69, 9.17) is 11.6 Å². The van der Waals surface area contributed by atoms with Crippen molar-refractivity contribution in [1.29, 1.82) is 0 Å². The Bertz CT molecular complexity index is 2010. The van der Waals surface area contributed by atoms with Crippen LogP contribution in [0.25, 0.3) is 16.8 Å². The SMILES string of the molecule is C/C=C\c1c(C)ccc2c1C1(CCCCC1)/C(=C\C=C1/CCC(/C=C/CC3(c4c([NH2+]CCC(C)C)ccc5ccccc45)CCCCC3)=C1Cl)N2CCC(C)C.CC. The highest BCUT2D eigenvalue weighted by molar-refractivity contribution is 6.33. The van der Waals surface area contributed by atoms with Gasteiger partial charge in [-0.25, -0.2) is 0 Å². The molecule has 3 aromatic rings. The van der Waals surface area contributed by atoms with E-state index < -0.39 is 0 Å². The molecule has 3 aromatic carbocycles. The first-order valence-electron chi connectivity index (χ1n) is 23.5. The van der Waals surface area contributed by atoms with Gasteiger partial charge in [0.15, 0.2) is 0 Å². The Hall–Kier alpha value is -3.33. The number of aryl methyl sites for hydroxylation is 1. The van der Waals surface area contributed by atoms with Gasteiger partial charge in [0.25, 0.3) is 0 Å². The van der Waals surface area contributed by atoms with Crippen molar-refractivity contribution < 1.29 is 5.32 Å². The summed E-state index contributed by atoms with van der Waals surface area (Å²) in [5.74, 6) is 1.37. The number of nitrogens with zero attached hydrogens (tertiary/aromatic N) is 1. The molecule has 0 atom stereocenters. The highest BCUT2D eigenvalue weighted by atomic mass is 35.5. The van der Waals surface area contributed by atoms with Crippen molar-refractivity contribution in [1.82, 2.24) is 0 Å². The molecular formula is C55H76ClN2+. The molecule has 0 saturated heterocycles. The summed E-state index contributed by atoms with van der Waals surface area (Å²) >= 11 is 7.38. The predicted octanol–water partition coefficient (Wildman–Crippen LogP) is 15.5. The first-order valence-corrected chi connectivity index (χ1v) is 23.9. The topological polar surface area (TPSA) is 19.9 Å². The number of anilines is 1. The van der Waals surface area contributed by atoms with Crippen molar-refractivity contribution in [2.45, 2.75) is 163 Å². The van der Waals surface area contributed by atoms with E-state index in [1.54, 1.807) is 11.1 Å². The number of nitrogens with two attached hydrogens (primary N) is 1. The lowest BCUT2D eigenvalue weighted by Gasteiger charge is -2.38. The molecule has 3 aliphatic carbocycles. The van der Waals surface area contributed by atoms with Crippen LogP contribution in [0.2, 0.25) is 0 Å². The van der Waals surface area contributed by atoms with Crippen molar-refractivity contribution in [3.63, 3.8) is 0 Å². The number of hydrogen-bond donors (Lipinski definition) is 1. The zero-order chi connectivity index (χ0) is 41.3. The minimum Gasteiger partial charge on any atom is -0.344 e. The Labute approximate surface area is 359 Å². The fraction of sp³-hybridized carbons (Fsp3) is 0.527. The van der Waals surface area contributed by atoms with E-state index in [2.05, 4.69) is 137 Å². The lowest BCUT2D eigenvalue weighted by Crippen LogP contribution is -2.79. The van der Waals surface area contributed by atoms with Gasteiger partial charge in [-0.15, -0.1) is 0 Å². The third kappa shape index (κ3) is 9.34. The molecule has 3 heteroatoms. The minimum absolute atomic E-state index is 0.0704. The maximum atomic E-state index is 7.38. The zero-order valence-corrected chi connectivity index (χ0v) is 38.4. The summed E-state index contributed by atoms with van der Waals surface area (Å²) in [4.78, 5) is 2.71. The van der Waals surface area contributed by atoms with Gasteiger partial charge in [0.05, 0.1) is 6.54 Å². The van der Waals surface area contributed by atoms with E-state index in [0.29, 0.717) is 11.8 Å². The van der Waals surface area contributed by atoms with Gasteiger partial charge in [0, 0.05) is 39.4 Å². The number of fused-ring (bicyclic) bond motifs is 3. The summed E-state index contributed by atoms with van der Waals surface area (Å²) in [6.45, 7) is 20.1. The second-order valence-electron chi connectivity index (χ2n) is 18.6. The summed E-state index contributed by atoms with van der Waals surface area (Å²) in [6.07, 6.45) is 32.9. The number of quaternary nitrogens is 1. The standard InChI is InChI=1S/C53H69ClN2.C2H6/c1-7-17-44-40(6)21-27-47-50(44)53(34-14-9-15-35-53)48(56(47)37-30-39(4)5)28-25-43-23-22-42(51(43)54)19-16-33-52(31-12-8-13-32-52)49-45-20-11-10-18-41(45)24-26-46(49)55-36-29-38(2)3;1-2/h7,10-11,16-21,24-28,38-39,55H,8-9,12-15,22-23,29-37H2,1-6H3;1-2H3/p+1/b17-7-,19-16+,43-25+,48-28+;. The fourth-order valence-corrected chi connectivity index (χ4v) is 11.2. The molecule has 0 radical (unpaired) electrons. The van der Waals surface area contributed by atoms with Crippen LogP contribution in [0.1, 0.15) is 167 Å². The third-order valence-electron chi connectivity index (χ3n) is 13.9. The summed E-state index contributed by atoms with van der Waals surface area (Å²) < 4.78 is 0. The number of allylic oxidation sites excluding steroid dienone is 9. The van der Waals surface area contributed by atoms with Crippen LogP contribution < -0.4 is 10.2 Å². The van der Waals surface area contributed by atoms with Crippen LogP contribution in [0.5, 0.6) is 0 Å². The van der Waals surface area contributed by atoms with Gasteiger partial charge in [0.1, 0.15) is 5.69 Å². The Morgan fingerprint density at radius 1 is 0.776 bits per heavy atom. The predicted molar refractivity (Wildman–Crippen MR) is 255 cm³/mol. The Kier molecular flexibility index (Phi) is 15.5. The lowest BCUT2D eigenvalue weighted by atomic mass is 9.65. The van der Waals surface area contributed by atoms with Crippen molar-refractivity contribution in [3.8, 4) is 0 Å². The highest BCUT2D eigenvalue weighted by Crippen LogP contribution is 2.57. The zero-order valence-electron chi connectivity index (χ0n) is 37.7. The van der Waals surface area contributed by atoms with Gasteiger partial charge in [-0.3, -0.25) is 0 Å². The first-order chi connectivity index (χ1) is 28.2. The van der Waals surface area contributed by atoms with E-state index in [1.165, 1.54) is 127 Å². The molecule has 2 nitrogen and oxygen atoms in total. The Balaban J connectivity index is 0.00000279. The molecule has 7 rings (SSSR count). The normalized spacial score (nSPS) is 20.5. The molecule has 2 N–H and O–H groups in total. The highest BCUT2D eigenvalue weighted by Gasteiger charge is 2.48. The van der Waals surface area contributed by atoms with Crippen molar-refractivity contribution >= 4 is 39.8 Å². The molecule has 1 spiro atoms. The average molecular weight is 801 g/mol. The van der Waals surface area contributed by atoms with Gasteiger partial charge in [-0.2, -0.15) is 0 Å². The van der Waals surface area contributed by atoms with Crippen molar-refractivity contribution in [2.24, 2.45) is 11.8 Å². The van der Waals surface area contributed by atoms with E-state index >= 15 is 0 Å². The van der Waals surface area contributed by atoms with Crippen LogP contribution in [-0.2, 0) is 10.8 Å². The van der Waals surface area contributed by atoms with E-state index in [0.717, 1.165) is 37.4 Å². The molecule has 4 aliphatic rings. The third-order valence-corrected chi connectivity index (χ3v) is 14.4. The van der Waals surface area contributed by atoms with Crippen LogP contribution in [0.3, 0.4) is 0 Å². The molecule has 0 unspecified atom stereocenters. The molecule has 1 heterocycles. The summed E-state index contributed by atoms with van der Waals surface area (Å²) in [5, 5.41) is 6.37. The van der Waals surface area contributed by atoms with Gasteiger partial charge in [-0.1, -0.05) is 152 Å². The van der Waals surface area contributed by atoms with Gasteiger partial charge < -0.3 is 10.2 Å². The van der Waals surface area contributed by atoms with Crippen molar-refractivity contribution in [3.05, 3.63) is 123 Å². The van der Waals surface area contributed by atoms with Crippen LogP contribution in [0.4, 0.5) is 11.4 Å². The molecule has 312 valence electrons. The van der Waals surface area contributed by atoms with Crippen LogP contribution in [0, 0.1) is 18.8 Å². The summed E-state index contributed by atoms with van der Waals surface area (Å²) in [6, 6.07) is 18.7. The number of benzene rings is 3. The van der Waals surface area contributed by atoms with E-state index in [9.17, 15) is 0 Å². The average Bonchev–Trinajstić information content (AvgIpc) is 3.70. The number of rotatable bonds is 13. The summed E-state index contributed by atoms with van der Waals surface area (Å²) in [7, 11) is 0. The van der Waals surface area contributed by atoms with Crippen LogP contribution in [0.15, 0.2) is 101 Å². The smallest absolute Gasteiger partial charge is 0.134 e. The molecule has 0 bridgehead atoms. The van der Waals surface area contributed by atoms with Crippen LogP contribution >= 0.6 is 11.6 Å². The van der Waals surface area contributed by atoms with Gasteiger partial charge >= 0.3 is 0 Å². The Morgan fingerprint density at radius 3 is 2.19 bits per heavy atom. The second-order valence-corrected chi connectivity index (χ2v) is 19.0. The maximum absolute atomic E-state index is 7.38. The number of hydrogen-bond acceptors (Lipinski definition) is 1. The van der Waals surface area contributed by atoms with Gasteiger partial charge in [0.2, 0.25) is 0 Å². The van der Waals surface area contributed by atoms with Crippen molar-refractivity contribution in [2.75, 3.05) is 18.0 Å². The lowest BCUT2D eigenvalue weighted by molar-refractivity contribution is -0.573. The molecule has 2 saturated carbocycles. The molecule has 0 aromatic heterocycles.